The Kier molecular flexibility index (Phi) is 3.61. The number of aryl methyl sites for hydroxylation is 2. The van der Waals surface area contributed by atoms with Crippen LogP contribution in [0.2, 0.25) is 0 Å². The maximum Gasteiger partial charge on any atom is 0.329 e. The largest absolute Gasteiger partial charge is 0.329 e. The molecule has 25 heavy (non-hydrogen) atoms. The number of amides is 2. The molecule has 5 nitrogen and oxygen atoms in total. The lowest BCUT2D eigenvalue weighted by Gasteiger charge is -2.24. The third-order valence-corrected chi connectivity index (χ3v) is 6.72. The Labute approximate surface area is 147 Å². The zero-order valence-electron chi connectivity index (χ0n) is 14.2. The number of hydrogen-bond donors (Lipinski definition) is 0. The minimum Gasteiger partial charge on any atom is -0.288 e. The van der Waals surface area contributed by atoms with Gasteiger partial charge in [0.05, 0.1) is 23.6 Å². The van der Waals surface area contributed by atoms with Gasteiger partial charge in [0, 0.05) is 11.4 Å². The van der Waals surface area contributed by atoms with E-state index in [-0.39, 0.29) is 29.6 Å². The lowest BCUT2D eigenvalue weighted by Crippen LogP contribution is -2.38. The second-order valence-corrected chi connectivity index (χ2v) is 9.01. The van der Waals surface area contributed by atoms with E-state index < -0.39 is 9.84 Å². The van der Waals surface area contributed by atoms with Crippen molar-refractivity contribution in [2.45, 2.75) is 25.9 Å². The fourth-order valence-corrected chi connectivity index (χ4v) is 5.82. The van der Waals surface area contributed by atoms with Crippen LogP contribution in [0.15, 0.2) is 48.5 Å². The van der Waals surface area contributed by atoms with Crippen LogP contribution < -0.4 is 9.80 Å². The molecule has 2 aliphatic heterocycles. The van der Waals surface area contributed by atoms with Gasteiger partial charge in [0.25, 0.3) is 0 Å². The molecule has 0 bridgehead atoms. The van der Waals surface area contributed by atoms with Crippen molar-refractivity contribution in [3.63, 3.8) is 0 Å². The fraction of sp³-hybridized carbons (Fsp3) is 0.316. The number of para-hydroxylation sites is 1. The van der Waals surface area contributed by atoms with Gasteiger partial charge in [-0.2, -0.15) is 0 Å². The number of anilines is 2. The number of rotatable bonds is 2. The van der Waals surface area contributed by atoms with Gasteiger partial charge in [-0.15, -0.1) is 0 Å². The van der Waals surface area contributed by atoms with Gasteiger partial charge in [0.15, 0.2) is 9.84 Å². The molecular weight excluding hydrogens is 336 g/mol. The Morgan fingerprint density at radius 2 is 1.60 bits per heavy atom. The predicted octanol–water partition coefficient (Wildman–Crippen LogP) is 2.92. The third kappa shape index (κ3) is 2.61. The second kappa shape index (κ2) is 5.59. The molecule has 130 valence electrons. The number of fused-ring (bicyclic) bond motifs is 1. The van der Waals surface area contributed by atoms with Crippen LogP contribution in [0.5, 0.6) is 0 Å². The van der Waals surface area contributed by atoms with Crippen LogP contribution in [0.1, 0.15) is 11.1 Å². The average molecular weight is 356 g/mol. The molecule has 0 saturated carbocycles. The van der Waals surface area contributed by atoms with E-state index in [1.54, 1.807) is 9.80 Å². The van der Waals surface area contributed by atoms with Crippen LogP contribution in [0.25, 0.3) is 0 Å². The quantitative estimate of drug-likeness (QED) is 0.778. The molecule has 0 radical (unpaired) electrons. The minimum absolute atomic E-state index is 0.0136. The maximum absolute atomic E-state index is 13.3. The van der Waals surface area contributed by atoms with E-state index >= 15 is 0 Å². The first kappa shape index (κ1) is 16.1. The molecule has 0 spiro atoms. The highest BCUT2D eigenvalue weighted by atomic mass is 32.2. The number of sulfone groups is 1. The van der Waals surface area contributed by atoms with Crippen LogP contribution in [0.4, 0.5) is 16.2 Å². The van der Waals surface area contributed by atoms with Crippen LogP contribution in [0, 0.1) is 13.8 Å². The highest BCUT2D eigenvalue weighted by Crippen LogP contribution is 2.38. The molecule has 2 fully saturated rings. The Hall–Kier alpha value is -2.34. The molecular formula is C19H20N2O3S. The molecule has 2 heterocycles. The smallest absolute Gasteiger partial charge is 0.288 e. The van der Waals surface area contributed by atoms with Crippen molar-refractivity contribution in [1.82, 2.24) is 0 Å². The summed E-state index contributed by atoms with van der Waals surface area (Å²) in [6.07, 6.45) is 0. The summed E-state index contributed by atoms with van der Waals surface area (Å²) in [5, 5.41) is 0. The first-order chi connectivity index (χ1) is 11.9. The van der Waals surface area contributed by atoms with Crippen molar-refractivity contribution < 1.29 is 13.2 Å². The van der Waals surface area contributed by atoms with Crippen LogP contribution in [-0.2, 0) is 9.84 Å². The number of urea groups is 1. The molecule has 0 N–H and O–H groups in total. The zero-order chi connectivity index (χ0) is 17.8. The summed E-state index contributed by atoms with van der Waals surface area (Å²) in [5.41, 5.74) is 3.55. The van der Waals surface area contributed by atoms with E-state index in [0.29, 0.717) is 0 Å². The Bertz CT molecular complexity index is 955. The van der Waals surface area contributed by atoms with Crippen molar-refractivity contribution in [3.8, 4) is 0 Å². The summed E-state index contributed by atoms with van der Waals surface area (Å²) in [6.45, 7) is 3.91. The van der Waals surface area contributed by atoms with Gasteiger partial charge < -0.3 is 0 Å². The van der Waals surface area contributed by atoms with Gasteiger partial charge in [-0.05, 0) is 43.2 Å². The molecule has 2 amide bonds. The van der Waals surface area contributed by atoms with E-state index in [0.717, 1.165) is 22.5 Å². The molecule has 0 aromatic heterocycles. The average Bonchev–Trinajstić information content (AvgIpc) is 2.97. The zero-order valence-corrected chi connectivity index (χ0v) is 15.0. The summed E-state index contributed by atoms with van der Waals surface area (Å²) in [4.78, 5) is 16.6. The second-order valence-electron chi connectivity index (χ2n) is 6.86. The SMILES string of the molecule is Cc1cccc(N2C(=O)N(c3ccccc3C)[C@H]3CS(=O)(=O)C[C@@H]32)c1. The first-order valence-corrected chi connectivity index (χ1v) is 10.1. The van der Waals surface area contributed by atoms with Gasteiger partial charge in [-0.25, -0.2) is 13.2 Å². The third-order valence-electron chi connectivity index (χ3n) is 5.02. The van der Waals surface area contributed by atoms with Crippen LogP contribution in [0.3, 0.4) is 0 Å². The topological polar surface area (TPSA) is 57.7 Å². The van der Waals surface area contributed by atoms with Gasteiger partial charge in [0.1, 0.15) is 0 Å². The predicted molar refractivity (Wildman–Crippen MR) is 98.9 cm³/mol. The molecule has 4 rings (SSSR count). The van der Waals surface area contributed by atoms with E-state index in [1.807, 2.05) is 62.4 Å². The maximum atomic E-state index is 13.3. The fourth-order valence-electron chi connectivity index (χ4n) is 3.90. The van der Waals surface area contributed by atoms with Gasteiger partial charge in [-0.3, -0.25) is 9.80 Å². The van der Waals surface area contributed by atoms with Gasteiger partial charge in [-0.1, -0.05) is 30.3 Å². The van der Waals surface area contributed by atoms with Crippen molar-refractivity contribution >= 4 is 27.2 Å². The van der Waals surface area contributed by atoms with Crippen molar-refractivity contribution in [1.29, 1.82) is 0 Å². The normalized spacial score (nSPS) is 24.6. The molecule has 2 atom stereocenters. The molecule has 2 aromatic carbocycles. The monoisotopic (exact) mass is 356 g/mol. The van der Waals surface area contributed by atoms with E-state index in [9.17, 15) is 13.2 Å². The van der Waals surface area contributed by atoms with Gasteiger partial charge in [0.2, 0.25) is 0 Å². The number of benzene rings is 2. The molecule has 2 saturated heterocycles. The highest BCUT2D eigenvalue weighted by molar-refractivity contribution is 7.91. The van der Waals surface area contributed by atoms with Crippen molar-refractivity contribution in [3.05, 3.63) is 59.7 Å². The molecule has 0 unspecified atom stereocenters. The van der Waals surface area contributed by atoms with Crippen molar-refractivity contribution in [2.75, 3.05) is 21.3 Å². The Morgan fingerprint density at radius 3 is 2.28 bits per heavy atom. The lowest BCUT2D eigenvalue weighted by atomic mass is 10.1. The van der Waals surface area contributed by atoms with E-state index in [1.165, 1.54) is 0 Å². The molecule has 2 aromatic rings. The molecule has 6 heteroatoms. The summed E-state index contributed by atoms with van der Waals surface area (Å²) >= 11 is 0. The summed E-state index contributed by atoms with van der Waals surface area (Å²) in [5.74, 6) is 0.0276. The molecule has 0 aliphatic carbocycles. The van der Waals surface area contributed by atoms with E-state index in [4.69, 9.17) is 0 Å². The highest BCUT2D eigenvalue weighted by Gasteiger charge is 2.54. The van der Waals surface area contributed by atoms with Gasteiger partial charge >= 0.3 is 6.03 Å². The van der Waals surface area contributed by atoms with E-state index in [2.05, 4.69) is 0 Å². The first-order valence-electron chi connectivity index (χ1n) is 8.32. The molecule has 2 aliphatic rings. The summed E-state index contributed by atoms with van der Waals surface area (Å²) < 4.78 is 24.6. The number of hydrogen-bond acceptors (Lipinski definition) is 3. The standard InChI is InChI=1S/C19H20N2O3S/c1-13-6-5-8-15(10-13)20-17-11-25(23,24)12-18(17)21(19(20)22)16-9-4-3-7-14(16)2/h3-10,17-18H,11-12H2,1-2H3/t17-,18-/m0/s1. The number of carbonyl (C=O) groups excluding carboxylic acids is 1. The Balaban J connectivity index is 1.84. The lowest BCUT2D eigenvalue weighted by molar-refractivity contribution is 0.255. The van der Waals surface area contributed by atoms with Crippen molar-refractivity contribution in [2.24, 2.45) is 0 Å². The summed E-state index contributed by atoms with van der Waals surface area (Å²) in [6, 6.07) is 14.4. The van der Waals surface area contributed by atoms with Crippen LogP contribution >= 0.6 is 0 Å². The minimum atomic E-state index is -3.17. The van der Waals surface area contributed by atoms with Crippen LogP contribution in [-0.4, -0.2) is 38.0 Å². The summed E-state index contributed by atoms with van der Waals surface area (Å²) in [7, 11) is -3.17. The number of nitrogens with zero attached hydrogens (tertiary/aromatic N) is 2. The Morgan fingerprint density at radius 1 is 0.920 bits per heavy atom. The number of carbonyl (C=O) groups is 1.